The Labute approximate surface area is 122 Å². The lowest BCUT2D eigenvalue weighted by Gasteiger charge is -2.06. The fourth-order valence-corrected chi connectivity index (χ4v) is 2.58. The quantitative estimate of drug-likeness (QED) is 0.882. The Kier molecular flexibility index (Phi) is 5.06. The van der Waals surface area contributed by atoms with Gasteiger partial charge in [0, 0.05) is 12.1 Å². The summed E-state index contributed by atoms with van der Waals surface area (Å²) < 4.78 is 0. The molecule has 0 saturated carbocycles. The zero-order chi connectivity index (χ0) is 14.4. The molecule has 0 fully saturated rings. The molecule has 0 aliphatic rings. The Hall–Kier alpha value is -1.95. The van der Waals surface area contributed by atoms with Crippen LogP contribution in [0.3, 0.4) is 0 Å². The number of hydrogen-bond acceptors (Lipinski definition) is 4. The Balaban J connectivity index is 1.94. The second-order valence-corrected chi connectivity index (χ2v) is 5.45. The predicted molar refractivity (Wildman–Crippen MR) is 82.4 cm³/mol. The van der Waals surface area contributed by atoms with Gasteiger partial charge >= 0.3 is 6.03 Å². The average molecular weight is 290 g/mol. The molecule has 20 heavy (non-hydrogen) atoms. The zero-order valence-corrected chi connectivity index (χ0v) is 12.5. The lowest BCUT2D eigenvalue weighted by Crippen LogP contribution is -2.19. The summed E-state index contributed by atoms with van der Waals surface area (Å²) in [4.78, 5) is 11.9. The van der Waals surface area contributed by atoms with Crippen LogP contribution < -0.4 is 10.6 Å². The molecule has 0 unspecified atom stereocenters. The molecule has 0 saturated heterocycles. The van der Waals surface area contributed by atoms with Crippen molar-refractivity contribution in [2.24, 2.45) is 0 Å². The van der Waals surface area contributed by atoms with E-state index < -0.39 is 0 Å². The van der Waals surface area contributed by atoms with Crippen molar-refractivity contribution in [1.29, 1.82) is 0 Å². The van der Waals surface area contributed by atoms with Crippen LogP contribution >= 0.6 is 11.3 Å². The van der Waals surface area contributed by atoms with Crippen LogP contribution in [0.1, 0.15) is 30.8 Å². The van der Waals surface area contributed by atoms with E-state index in [9.17, 15) is 4.79 Å². The normalized spacial score (nSPS) is 10.3. The first-order valence-corrected chi connectivity index (χ1v) is 7.52. The maximum atomic E-state index is 11.9. The first-order valence-electron chi connectivity index (χ1n) is 6.70. The van der Waals surface area contributed by atoms with Crippen LogP contribution in [0.15, 0.2) is 24.3 Å². The third-order valence-electron chi connectivity index (χ3n) is 2.74. The summed E-state index contributed by atoms with van der Waals surface area (Å²) in [6.07, 6.45) is 2.85. The van der Waals surface area contributed by atoms with Crippen LogP contribution in [0.4, 0.5) is 15.6 Å². The molecule has 0 atom stereocenters. The molecule has 1 aromatic heterocycles. The van der Waals surface area contributed by atoms with Gasteiger partial charge in [-0.2, -0.15) is 0 Å². The topological polar surface area (TPSA) is 66.9 Å². The van der Waals surface area contributed by atoms with E-state index in [1.165, 1.54) is 16.9 Å². The number of carbonyl (C=O) groups excluding carboxylic acids is 1. The lowest BCUT2D eigenvalue weighted by atomic mass is 10.1. The molecule has 6 heteroatoms. The minimum atomic E-state index is -0.294. The number of nitrogens with zero attached hydrogens (tertiary/aromatic N) is 2. The van der Waals surface area contributed by atoms with Crippen LogP contribution in [-0.2, 0) is 12.8 Å². The third-order valence-corrected chi connectivity index (χ3v) is 3.64. The van der Waals surface area contributed by atoms with Crippen molar-refractivity contribution in [2.45, 2.75) is 33.1 Å². The fourth-order valence-electron chi connectivity index (χ4n) is 1.75. The van der Waals surface area contributed by atoms with Crippen LogP contribution in [0.2, 0.25) is 0 Å². The van der Waals surface area contributed by atoms with Crippen molar-refractivity contribution in [3.05, 3.63) is 34.8 Å². The average Bonchev–Trinajstić information content (AvgIpc) is 2.86. The number of benzene rings is 1. The summed E-state index contributed by atoms with van der Waals surface area (Å²) in [5.74, 6) is 0. The summed E-state index contributed by atoms with van der Waals surface area (Å²) >= 11 is 1.41. The van der Waals surface area contributed by atoms with E-state index in [4.69, 9.17) is 0 Å². The molecule has 5 nitrogen and oxygen atoms in total. The highest BCUT2D eigenvalue weighted by molar-refractivity contribution is 7.15. The van der Waals surface area contributed by atoms with E-state index in [2.05, 4.69) is 34.7 Å². The number of carbonyl (C=O) groups is 1. The smallest absolute Gasteiger partial charge is 0.308 e. The predicted octanol–water partition coefficient (Wildman–Crippen LogP) is 3.70. The molecule has 1 heterocycles. The molecule has 0 radical (unpaired) electrons. The summed E-state index contributed by atoms with van der Waals surface area (Å²) in [5, 5.41) is 14.9. The van der Waals surface area contributed by atoms with Gasteiger partial charge in [0.15, 0.2) is 0 Å². The number of amides is 2. The lowest BCUT2D eigenvalue weighted by molar-refractivity contribution is 0.262. The summed E-state index contributed by atoms with van der Waals surface area (Å²) in [5.41, 5.74) is 1.96. The Morgan fingerprint density at radius 3 is 2.85 bits per heavy atom. The first-order chi connectivity index (χ1) is 9.71. The number of anilines is 2. The summed E-state index contributed by atoms with van der Waals surface area (Å²) in [6, 6.07) is 7.49. The Bertz CT molecular complexity index is 582. The van der Waals surface area contributed by atoms with Gasteiger partial charge < -0.3 is 5.32 Å². The highest BCUT2D eigenvalue weighted by Crippen LogP contribution is 2.17. The van der Waals surface area contributed by atoms with Gasteiger partial charge in [-0.1, -0.05) is 37.3 Å². The zero-order valence-electron chi connectivity index (χ0n) is 11.6. The van der Waals surface area contributed by atoms with Crippen LogP contribution in [0.25, 0.3) is 0 Å². The molecular weight excluding hydrogens is 272 g/mol. The van der Waals surface area contributed by atoms with E-state index in [1.807, 2.05) is 24.3 Å². The number of rotatable bonds is 5. The number of nitrogens with one attached hydrogen (secondary N) is 2. The van der Waals surface area contributed by atoms with Gasteiger partial charge in [-0.05, 0) is 30.5 Å². The largest absolute Gasteiger partial charge is 0.325 e. The van der Waals surface area contributed by atoms with E-state index in [0.717, 1.165) is 30.0 Å². The number of hydrogen-bond donors (Lipinski definition) is 2. The molecule has 0 aliphatic carbocycles. The molecular formula is C14H18N4OS. The van der Waals surface area contributed by atoms with Crippen molar-refractivity contribution in [2.75, 3.05) is 10.6 Å². The van der Waals surface area contributed by atoms with Crippen molar-refractivity contribution < 1.29 is 4.79 Å². The Morgan fingerprint density at radius 2 is 2.10 bits per heavy atom. The second-order valence-electron chi connectivity index (χ2n) is 4.38. The maximum absolute atomic E-state index is 11.9. The van der Waals surface area contributed by atoms with Gasteiger partial charge in [0.25, 0.3) is 0 Å². The van der Waals surface area contributed by atoms with Gasteiger partial charge in [-0.15, -0.1) is 10.2 Å². The number of urea groups is 1. The molecule has 0 spiro atoms. The second kappa shape index (κ2) is 7.00. The van der Waals surface area contributed by atoms with Crippen LogP contribution in [0.5, 0.6) is 0 Å². The maximum Gasteiger partial charge on any atom is 0.325 e. The molecule has 2 aromatic rings. The van der Waals surface area contributed by atoms with E-state index in [1.54, 1.807) is 0 Å². The van der Waals surface area contributed by atoms with Gasteiger partial charge in [0.05, 0.1) is 0 Å². The minimum absolute atomic E-state index is 0.294. The van der Waals surface area contributed by atoms with Crippen molar-refractivity contribution in [3.63, 3.8) is 0 Å². The molecule has 2 N–H and O–H groups in total. The van der Waals surface area contributed by atoms with E-state index in [-0.39, 0.29) is 6.03 Å². The van der Waals surface area contributed by atoms with Crippen LogP contribution in [-0.4, -0.2) is 16.2 Å². The SMILES string of the molecule is CCCc1nnc(NC(=O)Nc2cccc(CC)c2)s1. The van der Waals surface area contributed by atoms with Gasteiger partial charge in [0.1, 0.15) is 5.01 Å². The minimum Gasteiger partial charge on any atom is -0.308 e. The highest BCUT2D eigenvalue weighted by Gasteiger charge is 2.08. The van der Waals surface area contributed by atoms with E-state index >= 15 is 0 Å². The molecule has 1 aromatic carbocycles. The number of aromatic nitrogens is 2. The van der Waals surface area contributed by atoms with E-state index in [0.29, 0.717) is 5.13 Å². The van der Waals surface area contributed by atoms with Crippen molar-refractivity contribution >= 4 is 28.2 Å². The monoisotopic (exact) mass is 290 g/mol. The van der Waals surface area contributed by atoms with Gasteiger partial charge in [-0.3, -0.25) is 5.32 Å². The van der Waals surface area contributed by atoms with Crippen molar-refractivity contribution in [1.82, 2.24) is 10.2 Å². The fraction of sp³-hybridized carbons (Fsp3) is 0.357. The Morgan fingerprint density at radius 1 is 1.25 bits per heavy atom. The van der Waals surface area contributed by atoms with Gasteiger partial charge in [-0.25, -0.2) is 4.79 Å². The third kappa shape index (κ3) is 4.03. The highest BCUT2D eigenvalue weighted by atomic mass is 32.1. The summed E-state index contributed by atoms with van der Waals surface area (Å²) in [6.45, 7) is 4.16. The molecule has 2 amide bonds. The first kappa shape index (κ1) is 14.5. The molecule has 0 bridgehead atoms. The molecule has 0 aliphatic heterocycles. The molecule has 106 valence electrons. The van der Waals surface area contributed by atoms with Gasteiger partial charge in [0.2, 0.25) is 5.13 Å². The van der Waals surface area contributed by atoms with Crippen LogP contribution in [0, 0.1) is 0 Å². The van der Waals surface area contributed by atoms with Crippen molar-refractivity contribution in [3.8, 4) is 0 Å². The standard InChI is InChI=1S/C14H18N4OS/c1-3-6-12-17-18-14(20-12)16-13(19)15-11-8-5-7-10(4-2)9-11/h5,7-9H,3-4,6H2,1-2H3,(H2,15,16,18,19). The number of aryl methyl sites for hydroxylation is 2. The summed E-state index contributed by atoms with van der Waals surface area (Å²) in [7, 11) is 0. The molecule has 2 rings (SSSR count).